The monoisotopic (exact) mass is 255 g/mol. The number of hydrogen-bond donors (Lipinski definition) is 2. The predicted octanol–water partition coefficient (Wildman–Crippen LogP) is 2.48. The second-order valence-corrected chi connectivity index (χ2v) is 5.59. The van der Waals surface area contributed by atoms with Crippen LogP contribution < -0.4 is 11.1 Å². The lowest BCUT2D eigenvalue weighted by atomic mass is 10.1. The van der Waals surface area contributed by atoms with Crippen LogP contribution in [-0.4, -0.2) is 36.1 Å². The molecule has 1 aliphatic carbocycles. The van der Waals surface area contributed by atoms with Gasteiger partial charge in [-0.25, -0.2) is 4.79 Å². The molecule has 0 bridgehead atoms. The largest absolute Gasteiger partial charge is 0.336 e. The van der Waals surface area contributed by atoms with Crippen LogP contribution in [0.4, 0.5) is 4.79 Å². The van der Waals surface area contributed by atoms with Crippen molar-refractivity contribution in [2.24, 2.45) is 5.73 Å². The lowest BCUT2D eigenvalue weighted by Crippen LogP contribution is -2.48. The highest BCUT2D eigenvalue weighted by atomic mass is 16.2. The molecule has 1 rings (SSSR count). The minimum absolute atomic E-state index is 0.0883. The van der Waals surface area contributed by atoms with Gasteiger partial charge in [-0.1, -0.05) is 25.7 Å². The standard InChI is InChI=1S/C14H29N3O/c1-12(2)16-14(18)17(11-7-10-15)13-8-5-3-4-6-9-13/h12-13H,3-11,15H2,1-2H3,(H,16,18). The van der Waals surface area contributed by atoms with E-state index in [4.69, 9.17) is 5.73 Å². The first-order valence-electron chi connectivity index (χ1n) is 7.42. The van der Waals surface area contributed by atoms with Gasteiger partial charge in [0.05, 0.1) is 0 Å². The Hall–Kier alpha value is -0.770. The molecule has 106 valence electrons. The Morgan fingerprint density at radius 1 is 1.28 bits per heavy atom. The zero-order chi connectivity index (χ0) is 13.4. The molecule has 18 heavy (non-hydrogen) atoms. The zero-order valence-corrected chi connectivity index (χ0v) is 12.0. The molecule has 0 heterocycles. The molecule has 0 aliphatic heterocycles. The number of nitrogens with one attached hydrogen (secondary N) is 1. The van der Waals surface area contributed by atoms with Gasteiger partial charge in [0.1, 0.15) is 0 Å². The molecule has 0 aromatic heterocycles. The summed E-state index contributed by atoms with van der Waals surface area (Å²) in [6.45, 7) is 5.45. The van der Waals surface area contributed by atoms with Crippen LogP contribution in [0.1, 0.15) is 58.8 Å². The summed E-state index contributed by atoms with van der Waals surface area (Å²) in [5.74, 6) is 0. The van der Waals surface area contributed by atoms with Crippen molar-refractivity contribution in [3.05, 3.63) is 0 Å². The van der Waals surface area contributed by atoms with Crippen LogP contribution in [0.25, 0.3) is 0 Å². The van der Waals surface area contributed by atoms with Crippen LogP contribution in [0.15, 0.2) is 0 Å². The second-order valence-electron chi connectivity index (χ2n) is 5.59. The Morgan fingerprint density at radius 2 is 1.89 bits per heavy atom. The summed E-state index contributed by atoms with van der Waals surface area (Å²) in [5, 5.41) is 3.02. The molecule has 0 aromatic rings. The van der Waals surface area contributed by atoms with E-state index in [2.05, 4.69) is 5.32 Å². The molecule has 1 fully saturated rings. The summed E-state index contributed by atoms with van der Waals surface area (Å²) in [6, 6.07) is 0.701. The van der Waals surface area contributed by atoms with Crippen molar-refractivity contribution in [1.29, 1.82) is 0 Å². The van der Waals surface area contributed by atoms with Crippen molar-refractivity contribution in [3.63, 3.8) is 0 Å². The van der Waals surface area contributed by atoms with Crippen LogP contribution in [0.3, 0.4) is 0 Å². The summed E-state index contributed by atoms with van der Waals surface area (Å²) in [4.78, 5) is 14.3. The minimum atomic E-state index is 0.0883. The Bertz CT molecular complexity index is 235. The first-order valence-corrected chi connectivity index (χ1v) is 7.42. The van der Waals surface area contributed by atoms with E-state index in [0.29, 0.717) is 12.6 Å². The van der Waals surface area contributed by atoms with Gasteiger partial charge in [0, 0.05) is 18.6 Å². The zero-order valence-electron chi connectivity index (χ0n) is 12.0. The molecule has 0 unspecified atom stereocenters. The average Bonchev–Trinajstić information content (AvgIpc) is 2.57. The molecule has 0 atom stereocenters. The third kappa shape index (κ3) is 5.25. The van der Waals surface area contributed by atoms with Gasteiger partial charge in [-0.15, -0.1) is 0 Å². The third-order valence-corrected chi connectivity index (χ3v) is 3.54. The van der Waals surface area contributed by atoms with E-state index in [1.807, 2.05) is 18.7 Å². The average molecular weight is 255 g/mol. The molecule has 0 aromatic carbocycles. The van der Waals surface area contributed by atoms with Crippen molar-refractivity contribution < 1.29 is 4.79 Å². The van der Waals surface area contributed by atoms with E-state index in [-0.39, 0.29) is 12.1 Å². The molecule has 0 spiro atoms. The molecule has 1 aliphatic rings. The molecular weight excluding hydrogens is 226 g/mol. The molecular formula is C14H29N3O. The van der Waals surface area contributed by atoms with Gasteiger partial charge < -0.3 is 16.0 Å². The maximum atomic E-state index is 12.2. The Kier molecular flexibility index (Phi) is 7.09. The Balaban J connectivity index is 2.59. The van der Waals surface area contributed by atoms with Gasteiger partial charge in [0.15, 0.2) is 0 Å². The summed E-state index contributed by atoms with van der Waals surface area (Å²) in [6.07, 6.45) is 8.31. The maximum Gasteiger partial charge on any atom is 0.317 e. The van der Waals surface area contributed by atoms with E-state index >= 15 is 0 Å². The first-order chi connectivity index (χ1) is 8.65. The van der Waals surface area contributed by atoms with Crippen molar-refractivity contribution >= 4 is 6.03 Å². The lowest BCUT2D eigenvalue weighted by Gasteiger charge is -2.32. The summed E-state index contributed by atoms with van der Waals surface area (Å²) in [5.41, 5.74) is 5.58. The van der Waals surface area contributed by atoms with E-state index < -0.39 is 0 Å². The van der Waals surface area contributed by atoms with Crippen LogP contribution in [0.2, 0.25) is 0 Å². The summed E-state index contributed by atoms with van der Waals surface area (Å²) in [7, 11) is 0. The quantitative estimate of drug-likeness (QED) is 0.741. The van der Waals surface area contributed by atoms with E-state index in [1.54, 1.807) is 0 Å². The van der Waals surface area contributed by atoms with Gasteiger partial charge in [-0.3, -0.25) is 0 Å². The topological polar surface area (TPSA) is 58.4 Å². The van der Waals surface area contributed by atoms with Crippen molar-refractivity contribution in [2.75, 3.05) is 13.1 Å². The van der Waals surface area contributed by atoms with Crippen LogP contribution in [0, 0.1) is 0 Å². The van der Waals surface area contributed by atoms with Crippen molar-refractivity contribution in [3.8, 4) is 0 Å². The number of rotatable bonds is 5. The smallest absolute Gasteiger partial charge is 0.317 e. The number of amides is 2. The fourth-order valence-corrected chi connectivity index (χ4v) is 2.61. The maximum absolute atomic E-state index is 12.2. The lowest BCUT2D eigenvalue weighted by molar-refractivity contribution is 0.164. The van der Waals surface area contributed by atoms with Gasteiger partial charge >= 0.3 is 6.03 Å². The number of hydrogen-bond acceptors (Lipinski definition) is 2. The van der Waals surface area contributed by atoms with Crippen molar-refractivity contribution in [1.82, 2.24) is 10.2 Å². The van der Waals surface area contributed by atoms with Gasteiger partial charge in [0.25, 0.3) is 0 Å². The molecule has 3 N–H and O–H groups in total. The second kappa shape index (κ2) is 8.35. The fourth-order valence-electron chi connectivity index (χ4n) is 2.61. The van der Waals surface area contributed by atoms with Gasteiger partial charge in [0.2, 0.25) is 0 Å². The minimum Gasteiger partial charge on any atom is -0.336 e. The highest BCUT2D eigenvalue weighted by molar-refractivity contribution is 5.74. The van der Waals surface area contributed by atoms with Gasteiger partial charge in [-0.2, -0.15) is 0 Å². The van der Waals surface area contributed by atoms with Crippen molar-refractivity contribution in [2.45, 2.75) is 70.9 Å². The summed E-state index contributed by atoms with van der Waals surface area (Å²) < 4.78 is 0. The van der Waals surface area contributed by atoms with Crippen LogP contribution in [0.5, 0.6) is 0 Å². The van der Waals surface area contributed by atoms with E-state index in [1.165, 1.54) is 25.7 Å². The predicted molar refractivity (Wildman–Crippen MR) is 75.5 cm³/mol. The van der Waals surface area contributed by atoms with E-state index in [9.17, 15) is 4.79 Å². The highest BCUT2D eigenvalue weighted by Gasteiger charge is 2.24. The number of carbonyl (C=O) groups excluding carboxylic acids is 1. The highest BCUT2D eigenvalue weighted by Crippen LogP contribution is 2.22. The number of nitrogens with zero attached hydrogens (tertiary/aromatic N) is 1. The van der Waals surface area contributed by atoms with Gasteiger partial charge in [-0.05, 0) is 39.7 Å². The van der Waals surface area contributed by atoms with E-state index in [0.717, 1.165) is 25.8 Å². The first kappa shape index (κ1) is 15.3. The number of urea groups is 1. The van der Waals surface area contributed by atoms with Crippen LogP contribution in [-0.2, 0) is 0 Å². The molecule has 2 amide bonds. The molecule has 0 saturated heterocycles. The number of nitrogens with two attached hydrogens (primary N) is 1. The summed E-state index contributed by atoms with van der Waals surface area (Å²) >= 11 is 0. The fraction of sp³-hybridized carbons (Fsp3) is 0.929. The SMILES string of the molecule is CC(C)NC(=O)N(CCCN)C1CCCCCC1. The third-order valence-electron chi connectivity index (χ3n) is 3.54. The molecule has 0 radical (unpaired) electrons. The molecule has 1 saturated carbocycles. The van der Waals surface area contributed by atoms with Crippen LogP contribution >= 0.6 is 0 Å². The normalized spacial score (nSPS) is 17.6. The number of carbonyl (C=O) groups is 1. The molecule has 4 heteroatoms. The Morgan fingerprint density at radius 3 is 2.39 bits per heavy atom. The Labute approximate surface area is 111 Å². The molecule has 4 nitrogen and oxygen atoms in total.